The molecule has 0 saturated carbocycles. The van der Waals surface area contributed by atoms with Crippen LogP contribution in [0.1, 0.15) is 0 Å². The summed E-state index contributed by atoms with van der Waals surface area (Å²) < 4.78 is 63.9. The van der Waals surface area contributed by atoms with E-state index in [0.717, 1.165) is 5.69 Å². The van der Waals surface area contributed by atoms with E-state index in [0.29, 0.717) is 0 Å². The third kappa shape index (κ3) is 3.76. The molecule has 136 valence electrons. The van der Waals surface area contributed by atoms with Gasteiger partial charge in [-0.25, -0.2) is 13.1 Å². The number of nitrogens with zero attached hydrogens (tertiary/aromatic N) is 2. The molecule has 0 saturated heterocycles. The van der Waals surface area contributed by atoms with Crippen molar-refractivity contribution in [3.05, 3.63) is 67.9 Å². The predicted octanol–water partition coefficient (Wildman–Crippen LogP) is 0.0325. The van der Waals surface area contributed by atoms with Crippen molar-refractivity contribution in [2.45, 2.75) is 5.51 Å². The van der Waals surface area contributed by atoms with Crippen LogP contribution in [-0.2, 0) is 10.1 Å². The largest absolute Gasteiger partial charge is 0.741 e. The minimum absolute atomic E-state index is 0.0517. The number of para-hydroxylation sites is 1. The van der Waals surface area contributed by atoms with E-state index < -0.39 is 15.6 Å². The summed E-state index contributed by atoms with van der Waals surface area (Å²) in [4.78, 5) is 0. The number of alkyl halides is 3. The molecule has 10 heteroatoms. The van der Waals surface area contributed by atoms with Crippen LogP contribution in [0, 0.1) is 7.14 Å². The van der Waals surface area contributed by atoms with Gasteiger partial charge in [-0.3, -0.25) is 0 Å². The Labute approximate surface area is 157 Å². The molecule has 0 amide bonds. The zero-order chi connectivity index (χ0) is 18.9. The first-order chi connectivity index (χ1) is 12.2. The number of rotatable bonds is 1. The third-order valence-corrected chi connectivity index (χ3v) is 6.80. The molecule has 1 aliphatic heterocycles. The molecule has 2 heterocycles. The number of fused-ring (bicyclic) bond motifs is 3. The zero-order valence-corrected chi connectivity index (χ0v) is 15.8. The Balaban J connectivity index is 0.000000211. The molecule has 0 bridgehead atoms. The average molecular weight is 494 g/mol. The highest BCUT2D eigenvalue weighted by molar-refractivity contribution is 7.86. The van der Waals surface area contributed by atoms with E-state index in [9.17, 15) is 13.2 Å². The molecular weight excluding hydrogens is 484 g/mol. The molecule has 1 aromatic heterocycles. The van der Waals surface area contributed by atoms with Crippen LogP contribution >= 0.6 is 0 Å². The number of hydrogen-bond acceptors (Lipinski definition) is 4. The van der Waals surface area contributed by atoms with Crippen LogP contribution in [0.2, 0.25) is 0 Å². The number of benzene rings is 2. The van der Waals surface area contributed by atoms with E-state index >= 15 is 0 Å². The first kappa shape index (κ1) is 18.9. The SMILES string of the molecule is O=S(=O)([O-])C(F)(F)F.c1ccc(-n2ncc3c2-c2ccccc2[I+]3)cc1. The third-order valence-electron chi connectivity index (χ3n) is 3.34. The highest BCUT2D eigenvalue weighted by atomic mass is 127. The summed E-state index contributed by atoms with van der Waals surface area (Å²) in [7, 11) is -6.09. The second-order valence-corrected chi connectivity index (χ2v) is 9.30. The molecule has 0 N–H and O–H groups in total. The Kier molecular flexibility index (Phi) is 5.08. The van der Waals surface area contributed by atoms with Crippen molar-refractivity contribution in [2.75, 3.05) is 0 Å². The second-order valence-electron chi connectivity index (χ2n) is 5.06. The molecule has 2 aromatic carbocycles. The van der Waals surface area contributed by atoms with Crippen LogP contribution in [0.4, 0.5) is 13.2 Å². The van der Waals surface area contributed by atoms with Gasteiger partial charge in [-0.2, -0.15) is 18.3 Å². The van der Waals surface area contributed by atoms with E-state index in [2.05, 4.69) is 58.3 Å². The molecule has 0 fully saturated rings. The topological polar surface area (TPSA) is 75.0 Å². The average Bonchev–Trinajstić information content (AvgIpc) is 3.13. The summed E-state index contributed by atoms with van der Waals surface area (Å²) in [6.45, 7) is 0. The van der Waals surface area contributed by atoms with Crippen molar-refractivity contribution >= 4 is 10.1 Å². The van der Waals surface area contributed by atoms with E-state index in [1.165, 1.54) is 18.4 Å². The van der Waals surface area contributed by atoms with E-state index in [-0.39, 0.29) is 21.2 Å². The Bertz CT molecular complexity index is 1030. The normalized spacial score (nSPS) is 12.8. The fraction of sp³-hybridized carbons (Fsp3) is 0.0625. The lowest BCUT2D eigenvalue weighted by atomic mass is 10.1. The summed E-state index contributed by atoms with van der Waals surface area (Å²) in [6.07, 6.45) is 2.04. The summed E-state index contributed by atoms with van der Waals surface area (Å²) in [5.41, 5.74) is -1.85. The van der Waals surface area contributed by atoms with Gasteiger partial charge in [-0.15, -0.1) is 0 Å². The molecule has 5 nitrogen and oxygen atoms in total. The predicted molar refractivity (Wildman–Crippen MR) is 82.1 cm³/mol. The standard InChI is InChI=1S/C15H10IN2.CHF3O3S/c1-2-6-11(7-3-1)18-15-12-8-4-5-9-13(12)16-14(15)10-17-18;2-1(3,4)8(5,6)7/h1-10H;(H,5,6,7)/q+1;/p-1. The maximum atomic E-state index is 10.7. The van der Waals surface area contributed by atoms with E-state index in [4.69, 9.17) is 13.0 Å². The Morgan fingerprint density at radius 1 is 0.962 bits per heavy atom. The molecular formula is C16H10F3IN2O3S. The number of aromatic nitrogens is 2. The Morgan fingerprint density at radius 2 is 1.54 bits per heavy atom. The smallest absolute Gasteiger partial charge is 0.485 e. The van der Waals surface area contributed by atoms with Crippen LogP contribution in [-0.4, -0.2) is 28.3 Å². The van der Waals surface area contributed by atoms with Gasteiger partial charge in [-0.1, -0.05) is 30.3 Å². The lowest BCUT2D eigenvalue weighted by molar-refractivity contribution is -0.589. The first-order valence-electron chi connectivity index (χ1n) is 7.08. The van der Waals surface area contributed by atoms with Crippen molar-refractivity contribution in [2.24, 2.45) is 0 Å². The minimum atomic E-state index is -6.09. The van der Waals surface area contributed by atoms with Gasteiger partial charge in [0, 0.05) is 0 Å². The second kappa shape index (κ2) is 7.00. The Morgan fingerprint density at radius 3 is 2.15 bits per heavy atom. The number of hydrogen-bond donors (Lipinski definition) is 0. The molecule has 0 unspecified atom stereocenters. The molecule has 26 heavy (non-hydrogen) atoms. The number of halogens is 4. The van der Waals surface area contributed by atoms with Crippen LogP contribution in [0.3, 0.4) is 0 Å². The van der Waals surface area contributed by atoms with E-state index in [1.54, 1.807) is 0 Å². The van der Waals surface area contributed by atoms with Crippen molar-refractivity contribution in [3.63, 3.8) is 0 Å². The quantitative estimate of drug-likeness (QED) is 0.213. The van der Waals surface area contributed by atoms with Crippen LogP contribution in [0.25, 0.3) is 16.9 Å². The van der Waals surface area contributed by atoms with Gasteiger partial charge in [0.2, 0.25) is 7.14 Å². The van der Waals surface area contributed by atoms with Crippen LogP contribution < -0.4 is 21.2 Å². The summed E-state index contributed by atoms with van der Waals surface area (Å²) in [5, 5.41) is 4.55. The fourth-order valence-corrected chi connectivity index (χ4v) is 5.03. The highest BCUT2D eigenvalue weighted by Gasteiger charge is 2.37. The van der Waals surface area contributed by atoms with Crippen molar-refractivity contribution in [1.82, 2.24) is 9.78 Å². The molecule has 1 aliphatic rings. The molecule has 0 radical (unpaired) electrons. The molecule has 3 aromatic rings. The minimum Gasteiger partial charge on any atom is -0.741 e. The van der Waals surface area contributed by atoms with Gasteiger partial charge in [-0.05, 0) is 24.3 Å². The highest BCUT2D eigenvalue weighted by Crippen LogP contribution is 2.24. The molecule has 0 atom stereocenters. The van der Waals surface area contributed by atoms with Gasteiger partial charge in [0.1, 0.15) is 11.9 Å². The molecule has 0 spiro atoms. The maximum absolute atomic E-state index is 10.7. The van der Waals surface area contributed by atoms with Gasteiger partial charge in [0.15, 0.2) is 10.1 Å². The van der Waals surface area contributed by atoms with Crippen molar-refractivity contribution in [1.29, 1.82) is 0 Å². The maximum Gasteiger partial charge on any atom is 0.485 e. The van der Waals surface area contributed by atoms with Crippen molar-refractivity contribution in [3.8, 4) is 16.9 Å². The summed E-state index contributed by atoms with van der Waals surface area (Å²) in [6, 6.07) is 19.1. The summed E-state index contributed by atoms with van der Waals surface area (Å²) >= 11 is -0.0517. The van der Waals surface area contributed by atoms with Gasteiger partial charge >= 0.3 is 26.7 Å². The molecule has 4 rings (SSSR count). The lowest BCUT2D eigenvalue weighted by Gasteiger charge is -2.08. The monoisotopic (exact) mass is 494 g/mol. The molecule has 0 aliphatic carbocycles. The van der Waals surface area contributed by atoms with Crippen LogP contribution in [0.5, 0.6) is 0 Å². The first-order valence-corrected chi connectivity index (χ1v) is 10.6. The van der Waals surface area contributed by atoms with Gasteiger partial charge in [0.05, 0.1) is 11.3 Å². The summed E-state index contributed by atoms with van der Waals surface area (Å²) in [5.74, 6) is 0. The van der Waals surface area contributed by atoms with E-state index in [1.807, 2.05) is 12.3 Å². The van der Waals surface area contributed by atoms with Gasteiger partial charge in [0.25, 0.3) is 0 Å². The Hall–Kier alpha value is -1.92. The van der Waals surface area contributed by atoms with Crippen LogP contribution in [0.15, 0.2) is 60.8 Å². The zero-order valence-electron chi connectivity index (χ0n) is 12.8. The fourth-order valence-electron chi connectivity index (χ4n) is 2.25. The lowest BCUT2D eigenvalue weighted by Crippen LogP contribution is -3.61. The van der Waals surface area contributed by atoms with Gasteiger partial charge < -0.3 is 4.55 Å². The van der Waals surface area contributed by atoms with Crippen molar-refractivity contribution < 1.29 is 47.3 Å².